The molecule has 0 spiro atoms. The first-order chi connectivity index (χ1) is 10.3. The van der Waals surface area contributed by atoms with Crippen LogP contribution >= 0.6 is 0 Å². The molecule has 0 unspecified atom stereocenters. The van der Waals surface area contributed by atoms with E-state index in [0.29, 0.717) is 11.5 Å². The second-order valence-corrected chi connectivity index (χ2v) is 5.81. The molecule has 5 heteroatoms. The summed E-state index contributed by atoms with van der Waals surface area (Å²) in [6, 6.07) is 5.82. The highest BCUT2D eigenvalue weighted by Gasteiger charge is 2.18. The monoisotopic (exact) mass is 282 g/mol. The van der Waals surface area contributed by atoms with E-state index in [-0.39, 0.29) is 5.91 Å². The summed E-state index contributed by atoms with van der Waals surface area (Å²) in [6.45, 7) is 0.947. The number of pyridine rings is 1. The molecule has 0 saturated heterocycles. The van der Waals surface area contributed by atoms with Crippen LogP contribution in [0.15, 0.2) is 18.2 Å². The van der Waals surface area contributed by atoms with Gasteiger partial charge in [-0.15, -0.1) is 0 Å². The van der Waals surface area contributed by atoms with E-state index in [4.69, 9.17) is 0 Å². The van der Waals surface area contributed by atoms with Crippen molar-refractivity contribution in [1.82, 2.24) is 14.8 Å². The Morgan fingerprint density at radius 2 is 2.10 bits per heavy atom. The molecule has 0 saturated carbocycles. The number of hydrogen-bond acceptors (Lipinski definition) is 3. The normalized spacial score (nSPS) is 16.4. The van der Waals surface area contributed by atoms with Crippen LogP contribution in [0.5, 0.6) is 0 Å². The highest BCUT2D eigenvalue weighted by Crippen LogP contribution is 2.21. The van der Waals surface area contributed by atoms with Crippen molar-refractivity contribution in [3.63, 3.8) is 0 Å². The SMILES string of the molecule is O=C(Nc1cc2n(n1)CCCC2)c1ccc2c(n1)CCC2. The van der Waals surface area contributed by atoms with Crippen molar-refractivity contribution in [2.45, 2.75) is 45.1 Å². The molecule has 2 aromatic heterocycles. The summed E-state index contributed by atoms with van der Waals surface area (Å²) in [4.78, 5) is 16.8. The summed E-state index contributed by atoms with van der Waals surface area (Å²) in [5.74, 6) is 0.472. The number of aryl methyl sites for hydroxylation is 4. The highest BCUT2D eigenvalue weighted by molar-refractivity contribution is 6.02. The third-order valence-corrected chi connectivity index (χ3v) is 4.32. The smallest absolute Gasteiger partial charge is 0.275 e. The van der Waals surface area contributed by atoms with E-state index in [9.17, 15) is 4.79 Å². The molecule has 5 nitrogen and oxygen atoms in total. The summed E-state index contributed by atoms with van der Waals surface area (Å²) in [7, 11) is 0. The Hall–Kier alpha value is -2.17. The van der Waals surface area contributed by atoms with Gasteiger partial charge in [0.25, 0.3) is 5.91 Å². The number of hydrogen-bond donors (Lipinski definition) is 1. The summed E-state index contributed by atoms with van der Waals surface area (Å²) in [5.41, 5.74) is 4.05. The highest BCUT2D eigenvalue weighted by atomic mass is 16.2. The van der Waals surface area contributed by atoms with Crippen LogP contribution in [-0.2, 0) is 25.8 Å². The fourth-order valence-corrected chi connectivity index (χ4v) is 3.21. The van der Waals surface area contributed by atoms with Gasteiger partial charge in [-0.3, -0.25) is 9.48 Å². The van der Waals surface area contributed by atoms with Gasteiger partial charge in [-0.05, 0) is 50.2 Å². The number of nitrogens with zero attached hydrogens (tertiary/aromatic N) is 3. The molecule has 4 rings (SSSR count). The van der Waals surface area contributed by atoms with E-state index in [1.54, 1.807) is 0 Å². The molecule has 1 amide bonds. The van der Waals surface area contributed by atoms with Crippen LogP contribution in [0, 0.1) is 0 Å². The zero-order chi connectivity index (χ0) is 14.2. The van der Waals surface area contributed by atoms with Gasteiger partial charge in [-0.1, -0.05) is 6.07 Å². The summed E-state index contributed by atoms with van der Waals surface area (Å²) >= 11 is 0. The molecule has 0 aromatic carbocycles. The molecule has 0 fully saturated rings. The fourth-order valence-electron chi connectivity index (χ4n) is 3.21. The molecule has 1 aliphatic carbocycles. The van der Waals surface area contributed by atoms with Crippen molar-refractivity contribution in [1.29, 1.82) is 0 Å². The number of carbonyl (C=O) groups is 1. The van der Waals surface area contributed by atoms with Crippen molar-refractivity contribution in [2.24, 2.45) is 0 Å². The van der Waals surface area contributed by atoms with Crippen LogP contribution in [0.4, 0.5) is 5.82 Å². The lowest BCUT2D eigenvalue weighted by molar-refractivity contribution is 0.102. The van der Waals surface area contributed by atoms with E-state index >= 15 is 0 Å². The Morgan fingerprint density at radius 3 is 3.00 bits per heavy atom. The van der Waals surface area contributed by atoms with Crippen LogP contribution in [0.1, 0.15) is 46.7 Å². The maximum atomic E-state index is 12.3. The number of carbonyl (C=O) groups excluding carboxylic acids is 1. The summed E-state index contributed by atoms with van der Waals surface area (Å²) < 4.78 is 2.00. The minimum atomic E-state index is -0.167. The third-order valence-electron chi connectivity index (χ3n) is 4.32. The molecule has 21 heavy (non-hydrogen) atoms. The fraction of sp³-hybridized carbons (Fsp3) is 0.438. The number of fused-ring (bicyclic) bond motifs is 2. The molecule has 1 N–H and O–H groups in total. The van der Waals surface area contributed by atoms with Gasteiger partial charge in [0.1, 0.15) is 5.69 Å². The van der Waals surface area contributed by atoms with Crippen LogP contribution in [-0.4, -0.2) is 20.7 Å². The zero-order valence-corrected chi connectivity index (χ0v) is 11.9. The number of aromatic nitrogens is 3. The Morgan fingerprint density at radius 1 is 1.14 bits per heavy atom. The lowest BCUT2D eigenvalue weighted by Gasteiger charge is -2.11. The first kappa shape index (κ1) is 12.6. The van der Waals surface area contributed by atoms with E-state index in [1.807, 2.05) is 22.9 Å². The molecule has 1 aliphatic heterocycles. The standard InChI is InChI=1S/C16H18N4O/c21-16(14-8-7-11-4-3-6-13(11)17-14)18-15-10-12-5-1-2-9-20(12)19-15/h7-8,10H,1-6,9H2,(H,18,19,21). The number of amides is 1. The van der Waals surface area contributed by atoms with Crippen molar-refractivity contribution in [3.05, 3.63) is 40.8 Å². The van der Waals surface area contributed by atoms with Gasteiger partial charge >= 0.3 is 0 Å². The minimum Gasteiger partial charge on any atom is -0.304 e. The van der Waals surface area contributed by atoms with E-state index in [0.717, 1.165) is 44.3 Å². The largest absolute Gasteiger partial charge is 0.304 e. The molecule has 3 heterocycles. The molecule has 0 radical (unpaired) electrons. The lowest BCUT2D eigenvalue weighted by atomic mass is 10.1. The maximum absolute atomic E-state index is 12.3. The Kier molecular flexibility index (Phi) is 2.98. The van der Waals surface area contributed by atoms with Crippen LogP contribution < -0.4 is 5.32 Å². The second-order valence-electron chi connectivity index (χ2n) is 5.81. The first-order valence-electron chi connectivity index (χ1n) is 7.66. The molecular weight excluding hydrogens is 264 g/mol. The molecule has 2 aromatic rings. The van der Waals surface area contributed by atoms with Crippen LogP contribution in [0.2, 0.25) is 0 Å². The Labute approximate surface area is 123 Å². The van der Waals surface area contributed by atoms with Gasteiger partial charge in [-0.2, -0.15) is 5.10 Å². The minimum absolute atomic E-state index is 0.167. The predicted molar refractivity (Wildman–Crippen MR) is 79.4 cm³/mol. The first-order valence-corrected chi connectivity index (χ1v) is 7.66. The average molecular weight is 282 g/mol. The maximum Gasteiger partial charge on any atom is 0.275 e. The van der Waals surface area contributed by atoms with Crippen LogP contribution in [0.3, 0.4) is 0 Å². The van der Waals surface area contributed by atoms with E-state index < -0.39 is 0 Å². The number of rotatable bonds is 2. The van der Waals surface area contributed by atoms with Crippen molar-refractivity contribution >= 4 is 11.7 Å². The molecule has 108 valence electrons. The topological polar surface area (TPSA) is 59.8 Å². The third kappa shape index (κ3) is 2.33. The van der Waals surface area contributed by atoms with Gasteiger partial charge in [-0.25, -0.2) is 4.98 Å². The van der Waals surface area contributed by atoms with Gasteiger partial charge in [0, 0.05) is 24.0 Å². The van der Waals surface area contributed by atoms with Gasteiger partial charge in [0.2, 0.25) is 0 Å². The van der Waals surface area contributed by atoms with Crippen molar-refractivity contribution in [2.75, 3.05) is 5.32 Å². The number of anilines is 1. The van der Waals surface area contributed by atoms with Crippen molar-refractivity contribution < 1.29 is 4.79 Å². The van der Waals surface area contributed by atoms with E-state index in [1.165, 1.54) is 17.7 Å². The second kappa shape index (κ2) is 4.98. The van der Waals surface area contributed by atoms with Gasteiger partial charge in [0.15, 0.2) is 5.82 Å². The van der Waals surface area contributed by atoms with E-state index in [2.05, 4.69) is 15.4 Å². The van der Waals surface area contributed by atoms with Crippen molar-refractivity contribution in [3.8, 4) is 0 Å². The molecule has 2 aliphatic rings. The summed E-state index contributed by atoms with van der Waals surface area (Å²) in [6.07, 6.45) is 6.61. The van der Waals surface area contributed by atoms with Crippen LogP contribution in [0.25, 0.3) is 0 Å². The Bertz CT molecular complexity index is 681. The van der Waals surface area contributed by atoms with Gasteiger partial charge in [0.05, 0.1) is 0 Å². The molecule has 0 atom stereocenters. The average Bonchev–Trinajstić information content (AvgIpc) is 3.11. The quantitative estimate of drug-likeness (QED) is 0.919. The Balaban J connectivity index is 1.54. The van der Waals surface area contributed by atoms with Gasteiger partial charge < -0.3 is 5.32 Å². The molecular formula is C16H18N4O. The zero-order valence-electron chi connectivity index (χ0n) is 11.9. The lowest BCUT2D eigenvalue weighted by Crippen LogP contribution is -2.15. The summed E-state index contributed by atoms with van der Waals surface area (Å²) in [5, 5.41) is 7.32. The molecule has 0 bridgehead atoms. The number of nitrogens with one attached hydrogen (secondary N) is 1. The predicted octanol–water partition coefficient (Wildman–Crippen LogP) is 2.36.